The highest BCUT2D eigenvalue weighted by atomic mass is 14.9. The van der Waals surface area contributed by atoms with Gasteiger partial charge in [0.2, 0.25) is 0 Å². The Kier molecular flexibility index (Phi) is 2.25. The minimum Gasteiger partial charge on any atom is -0.399 e. The topological polar surface area (TPSA) is 77.8 Å². The van der Waals surface area contributed by atoms with E-state index in [4.69, 9.17) is 11.5 Å². The summed E-state index contributed by atoms with van der Waals surface area (Å²) in [4.78, 5) is 8.46. The van der Waals surface area contributed by atoms with Crippen LogP contribution in [0, 0.1) is 6.92 Å². The van der Waals surface area contributed by atoms with Crippen LogP contribution in [0.1, 0.15) is 5.69 Å². The van der Waals surface area contributed by atoms with Crippen LogP contribution in [0.3, 0.4) is 0 Å². The molecule has 15 heavy (non-hydrogen) atoms. The second-order valence-corrected chi connectivity index (χ2v) is 3.37. The van der Waals surface area contributed by atoms with Crippen LogP contribution in [-0.4, -0.2) is 9.97 Å². The first-order valence-electron chi connectivity index (χ1n) is 4.62. The molecule has 0 atom stereocenters. The van der Waals surface area contributed by atoms with Gasteiger partial charge in [-0.2, -0.15) is 0 Å². The van der Waals surface area contributed by atoms with Gasteiger partial charge < -0.3 is 11.5 Å². The Balaban J connectivity index is 2.58. The molecule has 2 aromatic rings. The molecule has 2 rings (SSSR count). The van der Waals surface area contributed by atoms with Crippen LogP contribution < -0.4 is 11.5 Å². The molecular formula is C11H12N4. The predicted molar refractivity (Wildman–Crippen MR) is 61.0 cm³/mol. The smallest absolute Gasteiger partial charge is 0.161 e. The Labute approximate surface area is 88.0 Å². The van der Waals surface area contributed by atoms with Crippen molar-refractivity contribution in [2.24, 2.45) is 0 Å². The fourth-order valence-electron chi connectivity index (χ4n) is 1.35. The van der Waals surface area contributed by atoms with Crippen molar-refractivity contribution in [3.63, 3.8) is 0 Å². The molecule has 0 saturated carbocycles. The maximum Gasteiger partial charge on any atom is 0.161 e. The van der Waals surface area contributed by atoms with Gasteiger partial charge in [0.05, 0.1) is 0 Å². The van der Waals surface area contributed by atoms with E-state index in [1.807, 2.05) is 13.0 Å². The van der Waals surface area contributed by atoms with E-state index in [1.165, 1.54) is 0 Å². The minimum absolute atomic E-state index is 0.611. The standard InChI is InChI=1S/C11H12N4/c1-7-4-5-14-11(15-7)9-6-8(12)2-3-10(9)13/h2-6H,12-13H2,1H3. The van der Waals surface area contributed by atoms with Gasteiger partial charge in [0.25, 0.3) is 0 Å². The second-order valence-electron chi connectivity index (χ2n) is 3.37. The summed E-state index contributed by atoms with van der Waals surface area (Å²) in [6, 6.07) is 7.14. The van der Waals surface area contributed by atoms with Crippen molar-refractivity contribution in [1.82, 2.24) is 9.97 Å². The summed E-state index contributed by atoms with van der Waals surface area (Å²) in [6.45, 7) is 1.91. The summed E-state index contributed by atoms with van der Waals surface area (Å²) in [5.41, 5.74) is 14.5. The molecule has 0 amide bonds. The second kappa shape index (κ2) is 3.57. The Morgan fingerprint density at radius 2 is 1.93 bits per heavy atom. The van der Waals surface area contributed by atoms with Gasteiger partial charge in [0.1, 0.15) is 0 Å². The largest absolute Gasteiger partial charge is 0.399 e. The van der Waals surface area contributed by atoms with Crippen molar-refractivity contribution in [1.29, 1.82) is 0 Å². The highest BCUT2D eigenvalue weighted by Gasteiger charge is 2.05. The lowest BCUT2D eigenvalue weighted by Gasteiger charge is -2.05. The molecule has 0 spiro atoms. The van der Waals surface area contributed by atoms with E-state index in [1.54, 1.807) is 24.4 Å². The van der Waals surface area contributed by atoms with E-state index in [0.29, 0.717) is 17.2 Å². The monoisotopic (exact) mass is 200 g/mol. The molecule has 0 saturated heterocycles. The normalized spacial score (nSPS) is 10.2. The highest BCUT2D eigenvalue weighted by Crippen LogP contribution is 2.24. The highest BCUT2D eigenvalue weighted by molar-refractivity contribution is 5.74. The van der Waals surface area contributed by atoms with Gasteiger partial charge in [-0.05, 0) is 31.2 Å². The molecule has 0 radical (unpaired) electrons. The molecule has 0 unspecified atom stereocenters. The van der Waals surface area contributed by atoms with Gasteiger partial charge in [0.15, 0.2) is 5.82 Å². The zero-order valence-corrected chi connectivity index (χ0v) is 8.44. The first-order chi connectivity index (χ1) is 7.16. The number of benzene rings is 1. The third kappa shape index (κ3) is 1.88. The van der Waals surface area contributed by atoms with Crippen LogP contribution in [0.5, 0.6) is 0 Å². The summed E-state index contributed by atoms with van der Waals surface area (Å²) >= 11 is 0. The number of nitrogen functional groups attached to an aromatic ring is 2. The summed E-state index contributed by atoms with van der Waals surface area (Å²) in [6.07, 6.45) is 1.71. The van der Waals surface area contributed by atoms with Crippen molar-refractivity contribution in [2.75, 3.05) is 11.5 Å². The Hall–Kier alpha value is -2.10. The first-order valence-corrected chi connectivity index (χ1v) is 4.62. The lowest BCUT2D eigenvalue weighted by molar-refractivity contribution is 1.11. The molecule has 1 aromatic carbocycles. The van der Waals surface area contributed by atoms with Gasteiger partial charge in [-0.1, -0.05) is 0 Å². The summed E-state index contributed by atoms with van der Waals surface area (Å²) in [7, 11) is 0. The Morgan fingerprint density at radius 3 is 2.67 bits per heavy atom. The van der Waals surface area contributed by atoms with Crippen LogP contribution in [0.4, 0.5) is 11.4 Å². The molecule has 4 heteroatoms. The predicted octanol–water partition coefficient (Wildman–Crippen LogP) is 1.62. The average molecular weight is 200 g/mol. The number of aromatic nitrogens is 2. The van der Waals surface area contributed by atoms with E-state index in [0.717, 1.165) is 11.3 Å². The van der Waals surface area contributed by atoms with Crippen molar-refractivity contribution in [2.45, 2.75) is 6.92 Å². The van der Waals surface area contributed by atoms with Crippen molar-refractivity contribution in [3.8, 4) is 11.4 Å². The number of hydrogen-bond donors (Lipinski definition) is 2. The van der Waals surface area contributed by atoms with Crippen LogP contribution in [0.2, 0.25) is 0 Å². The maximum absolute atomic E-state index is 5.84. The molecule has 1 heterocycles. The van der Waals surface area contributed by atoms with Gasteiger partial charge in [-0.15, -0.1) is 0 Å². The molecule has 1 aromatic heterocycles. The first kappa shape index (κ1) is 9.45. The maximum atomic E-state index is 5.84. The van der Waals surface area contributed by atoms with E-state index >= 15 is 0 Å². The summed E-state index contributed by atoms with van der Waals surface area (Å²) in [5.74, 6) is 0.611. The van der Waals surface area contributed by atoms with E-state index in [-0.39, 0.29) is 0 Å². The van der Waals surface area contributed by atoms with Crippen LogP contribution in [-0.2, 0) is 0 Å². The zero-order valence-electron chi connectivity index (χ0n) is 8.44. The molecule has 4 N–H and O–H groups in total. The molecule has 76 valence electrons. The molecule has 0 aliphatic heterocycles. The summed E-state index contributed by atoms with van der Waals surface area (Å²) < 4.78 is 0. The Bertz CT molecular complexity index is 494. The third-order valence-electron chi connectivity index (χ3n) is 2.11. The fraction of sp³-hybridized carbons (Fsp3) is 0.0909. The van der Waals surface area contributed by atoms with Gasteiger partial charge in [-0.25, -0.2) is 9.97 Å². The van der Waals surface area contributed by atoms with Crippen molar-refractivity contribution >= 4 is 11.4 Å². The number of aryl methyl sites for hydroxylation is 1. The number of nitrogens with two attached hydrogens (primary N) is 2. The molecule has 0 fully saturated rings. The third-order valence-corrected chi connectivity index (χ3v) is 2.11. The SMILES string of the molecule is Cc1ccnc(-c2cc(N)ccc2N)n1. The fourth-order valence-corrected chi connectivity index (χ4v) is 1.35. The molecule has 0 bridgehead atoms. The zero-order chi connectivity index (χ0) is 10.8. The van der Waals surface area contributed by atoms with Crippen LogP contribution >= 0.6 is 0 Å². The van der Waals surface area contributed by atoms with E-state index in [2.05, 4.69) is 9.97 Å². The van der Waals surface area contributed by atoms with Crippen molar-refractivity contribution in [3.05, 3.63) is 36.2 Å². The van der Waals surface area contributed by atoms with E-state index in [9.17, 15) is 0 Å². The van der Waals surface area contributed by atoms with Gasteiger partial charge >= 0.3 is 0 Å². The minimum atomic E-state index is 0.611. The number of nitrogens with zero attached hydrogens (tertiary/aromatic N) is 2. The lowest BCUT2D eigenvalue weighted by Crippen LogP contribution is -1.97. The molecule has 4 nitrogen and oxygen atoms in total. The Morgan fingerprint density at radius 1 is 1.13 bits per heavy atom. The molecule has 0 aliphatic carbocycles. The van der Waals surface area contributed by atoms with Crippen LogP contribution in [0.25, 0.3) is 11.4 Å². The quantitative estimate of drug-likeness (QED) is 0.685. The average Bonchev–Trinajstić information content (AvgIpc) is 2.22. The lowest BCUT2D eigenvalue weighted by atomic mass is 10.1. The van der Waals surface area contributed by atoms with E-state index < -0.39 is 0 Å². The van der Waals surface area contributed by atoms with Gasteiger partial charge in [-0.3, -0.25) is 0 Å². The van der Waals surface area contributed by atoms with Crippen LogP contribution in [0.15, 0.2) is 30.5 Å². The number of anilines is 2. The number of hydrogen-bond acceptors (Lipinski definition) is 4. The molecule has 0 aliphatic rings. The van der Waals surface area contributed by atoms with Crippen molar-refractivity contribution < 1.29 is 0 Å². The number of rotatable bonds is 1. The molecular weight excluding hydrogens is 188 g/mol. The summed E-state index contributed by atoms with van der Waals surface area (Å²) in [5, 5.41) is 0. The van der Waals surface area contributed by atoms with Gasteiger partial charge in [0, 0.05) is 28.8 Å².